The second-order valence-electron chi connectivity index (χ2n) is 6.01. The number of tetrazole rings is 1. The van der Waals surface area contributed by atoms with E-state index in [4.69, 9.17) is 11.6 Å². The highest BCUT2D eigenvalue weighted by atomic mass is 35.5. The second-order valence-corrected chi connectivity index (χ2v) is 7.39. The highest BCUT2D eigenvalue weighted by molar-refractivity contribution is 7.99. The molecule has 29 heavy (non-hydrogen) atoms. The largest absolute Gasteiger partial charge is 0.272 e. The quantitative estimate of drug-likeness (QED) is 0.291. The molecule has 1 N–H and O–H groups in total. The number of hydrogen-bond acceptors (Lipinski definition) is 6. The molecule has 0 saturated heterocycles. The Hall–Kier alpha value is -3.23. The molecule has 1 amide bonds. The van der Waals surface area contributed by atoms with Crippen LogP contribution >= 0.6 is 23.4 Å². The van der Waals surface area contributed by atoms with Crippen LogP contribution in [0.25, 0.3) is 16.5 Å². The molecule has 144 valence electrons. The first-order valence-corrected chi connectivity index (χ1v) is 10.0. The minimum absolute atomic E-state index is 0.123. The van der Waals surface area contributed by atoms with Gasteiger partial charge in [0.25, 0.3) is 5.91 Å². The maximum atomic E-state index is 12.1. The van der Waals surface area contributed by atoms with E-state index in [-0.39, 0.29) is 11.7 Å². The summed E-state index contributed by atoms with van der Waals surface area (Å²) in [5, 5.41) is 19.1. The first-order chi connectivity index (χ1) is 14.2. The van der Waals surface area contributed by atoms with Gasteiger partial charge in [-0.25, -0.2) is 5.43 Å². The van der Waals surface area contributed by atoms with Crippen LogP contribution in [0.2, 0.25) is 5.02 Å². The Morgan fingerprint density at radius 3 is 2.86 bits per heavy atom. The number of carbonyl (C=O) groups excluding carboxylic acids is 1. The lowest BCUT2D eigenvalue weighted by molar-refractivity contribution is -0.118. The molecule has 7 nitrogen and oxygen atoms in total. The maximum absolute atomic E-state index is 12.1. The van der Waals surface area contributed by atoms with E-state index in [0.717, 1.165) is 22.0 Å². The number of rotatable bonds is 6. The summed E-state index contributed by atoms with van der Waals surface area (Å²) in [5.41, 5.74) is 4.14. The lowest BCUT2D eigenvalue weighted by Gasteiger charge is -2.07. The fraction of sp³-hybridized carbons (Fsp3) is 0.0500. The number of halogens is 1. The number of nitrogens with zero attached hydrogens (tertiary/aromatic N) is 5. The van der Waals surface area contributed by atoms with E-state index in [1.54, 1.807) is 16.8 Å². The molecular weight excluding hydrogens is 408 g/mol. The number of amides is 1. The SMILES string of the molecule is O=C(CSc1nnnn1-c1cccc2ccccc12)N/N=C/c1cccc(Cl)c1. The van der Waals surface area contributed by atoms with Crippen molar-refractivity contribution in [3.8, 4) is 5.69 Å². The van der Waals surface area contributed by atoms with Gasteiger partial charge in [0, 0.05) is 10.4 Å². The number of thioether (sulfide) groups is 1. The van der Waals surface area contributed by atoms with E-state index in [0.29, 0.717) is 10.2 Å². The molecule has 9 heteroatoms. The third-order valence-electron chi connectivity index (χ3n) is 4.02. The summed E-state index contributed by atoms with van der Waals surface area (Å²) in [6, 6.07) is 21.1. The Balaban J connectivity index is 1.42. The van der Waals surface area contributed by atoms with Crippen molar-refractivity contribution in [2.75, 3.05) is 5.75 Å². The van der Waals surface area contributed by atoms with Gasteiger partial charge in [-0.05, 0) is 39.6 Å². The van der Waals surface area contributed by atoms with Crippen LogP contribution in [0.5, 0.6) is 0 Å². The topological polar surface area (TPSA) is 85.1 Å². The highest BCUT2D eigenvalue weighted by Gasteiger charge is 2.13. The van der Waals surface area contributed by atoms with Gasteiger partial charge >= 0.3 is 0 Å². The molecule has 0 aliphatic rings. The van der Waals surface area contributed by atoms with Crippen LogP contribution in [-0.4, -0.2) is 38.1 Å². The number of benzene rings is 3. The van der Waals surface area contributed by atoms with Gasteiger partial charge in [0.05, 0.1) is 17.7 Å². The molecule has 3 aromatic carbocycles. The van der Waals surface area contributed by atoms with Gasteiger partial charge in [-0.2, -0.15) is 9.78 Å². The molecule has 0 saturated carbocycles. The van der Waals surface area contributed by atoms with E-state index < -0.39 is 0 Å². The van der Waals surface area contributed by atoms with Crippen molar-refractivity contribution in [2.24, 2.45) is 5.10 Å². The molecule has 0 unspecified atom stereocenters. The van der Waals surface area contributed by atoms with E-state index in [1.165, 1.54) is 18.0 Å². The average molecular weight is 423 g/mol. The lowest BCUT2D eigenvalue weighted by Crippen LogP contribution is -2.20. The summed E-state index contributed by atoms with van der Waals surface area (Å²) < 4.78 is 1.63. The van der Waals surface area contributed by atoms with Crippen molar-refractivity contribution in [3.05, 3.63) is 77.3 Å². The van der Waals surface area contributed by atoms with E-state index in [9.17, 15) is 4.79 Å². The van der Waals surface area contributed by atoms with Crippen LogP contribution in [0.1, 0.15) is 5.56 Å². The molecule has 4 rings (SSSR count). The van der Waals surface area contributed by atoms with Gasteiger partial charge in [-0.1, -0.05) is 71.9 Å². The monoisotopic (exact) mass is 422 g/mol. The second kappa shape index (κ2) is 8.85. The van der Waals surface area contributed by atoms with E-state index in [2.05, 4.69) is 26.1 Å². The summed E-state index contributed by atoms with van der Waals surface area (Å²) in [5.74, 6) is -0.140. The van der Waals surface area contributed by atoms with Gasteiger partial charge in [0.1, 0.15) is 0 Å². The van der Waals surface area contributed by atoms with Crippen LogP contribution in [0.3, 0.4) is 0 Å². The van der Waals surface area contributed by atoms with Gasteiger partial charge < -0.3 is 0 Å². The predicted octanol–water partition coefficient (Wildman–Crippen LogP) is 3.71. The third-order valence-corrected chi connectivity index (χ3v) is 5.17. The molecule has 1 heterocycles. The zero-order valence-corrected chi connectivity index (χ0v) is 16.6. The molecule has 0 aliphatic carbocycles. The minimum atomic E-state index is -0.263. The van der Waals surface area contributed by atoms with Crippen molar-refractivity contribution < 1.29 is 4.79 Å². The summed E-state index contributed by atoms with van der Waals surface area (Å²) in [6.07, 6.45) is 1.54. The molecular formula is C20H15ClN6OS. The van der Waals surface area contributed by atoms with Crippen molar-refractivity contribution >= 4 is 46.3 Å². The first-order valence-electron chi connectivity index (χ1n) is 8.67. The van der Waals surface area contributed by atoms with Crippen LogP contribution in [-0.2, 0) is 4.79 Å². The van der Waals surface area contributed by atoms with E-state index >= 15 is 0 Å². The van der Waals surface area contributed by atoms with Gasteiger partial charge in [-0.15, -0.1) is 5.10 Å². The Labute approximate surface area is 175 Å². The van der Waals surface area contributed by atoms with Crippen molar-refractivity contribution in [3.63, 3.8) is 0 Å². The Bertz CT molecular complexity index is 1190. The number of nitrogens with one attached hydrogen (secondary N) is 1. The molecule has 0 spiro atoms. The zero-order chi connectivity index (χ0) is 20.1. The van der Waals surface area contributed by atoms with Crippen molar-refractivity contribution in [1.29, 1.82) is 0 Å². The van der Waals surface area contributed by atoms with Crippen molar-refractivity contribution in [1.82, 2.24) is 25.6 Å². The lowest BCUT2D eigenvalue weighted by atomic mass is 10.1. The summed E-state index contributed by atoms with van der Waals surface area (Å²) >= 11 is 7.16. The van der Waals surface area contributed by atoms with Crippen molar-refractivity contribution in [2.45, 2.75) is 5.16 Å². The number of hydrazone groups is 1. The molecule has 0 fully saturated rings. The predicted molar refractivity (Wildman–Crippen MR) is 115 cm³/mol. The van der Waals surface area contributed by atoms with Gasteiger partial charge in [-0.3, -0.25) is 4.79 Å². The fourth-order valence-corrected chi connectivity index (χ4v) is 3.62. The normalized spacial score (nSPS) is 11.2. The third kappa shape index (κ3) is 4.61. The number of carbonyl (C=O) groups is 1. The molecule has 4 aromatic rings. The standard InChI is InChI=1S/C20H15ClN6OS/c21-16-8-3-5-14(11-16)12-22-23-19(28)13-29-20-24-25-26-27(20)18-10-4-7-15-6-1-2-9-17(15)18/h1-12H,13H2,(H,23,28)/b22-12+. The minimum Gasteiger partial charge on any atom is -0.272 e. The van der Waals surface area contributed by atoms with E-state index in [1.807, 2.05) is 54.6 Å². The number of hydrogen-bond donors (Lipinski definition) is 1. The molecule has 0 aliphatic heterocycles. The Morgan fingerprint density at radius 1 is 1.14 bits per heavy atom. The number of fused-ring (bicyclic) bond motifs is 1. The van der Waals surface area contributed by atoms with Crippen LogP contribution in [0.15, 0.2) is 77.0 Å². The summed E-state index contributed by atoms with van der Waals surface area (Å²) in [7, 11) is 0. The highest BCUT2D eigenvalue weighted by Crippen LogP contribution is 2.25. The molecule has 0 radical (unpaired) electrons. The molecule has 0 atom stereocenters. The molecule has 1 aromatic heterocycles. The fourth-order valence-electron chi connectivity index (χ4n) is 2.74. The zero-order valence-electron chi connectivity index (χ0n) is 15.1. The Morgan fingerprint density at radius 2 is 1.97 bits per heavy atom. The smallest absolute Gasteiger partial charge is 0.250 e. The molecule has 0 bridgehead atoms. The van der Waals surface area contributed by atoms with Crippen LogP contribution in [0.4, 0.5) is 0 Å². The van der Waals surface area contributed by atoms with Crippen LogP contribution in [0, 0.1) is 0 Å². The maximum Gasteiger partial charge on any atom is 0.250 e. The Kier molecular flexibility index (Phi) is 5.83. The first kappa shape index (κ1) is 19.1. The number of aromatic nitrogens is 4. The summed E-state index contributed by atoms with van der Waals surface area (Å²) in [6.45, 7) is 0. The van der Waals surface area contributed by atoms with Crippen LogP contribution < -0.4 is 5.43 Å². The van der Waals surface area contributed by atoms with Gasteiger partial charge in [0.15, 0.2) is 0 Å². The summed E-state index contributed by atoms with van der Waals surface area (Å²) in [4.78, 5) is 12.1. The van der Waals surface area contributed by atoms with Gasteiger partial charge in [0.2, 0.25) is 5.16 Å². The average Bonchev–Trinajstić information content (AvgIpc) is 3.20.